The Labute approximate surface area is 199 Å². The maximum Gasteiger partial charge on any atom is 0.257 e. The van der Waals surface area contributed by atoms with Crippen molar-refractivity contribution in [2.24, 2.45) is 5.73 Å². The minimum Gasteiger partial charge on any atom is -0.355 e. The second-order valence-electron chi connectivity index (χ2n) is 10.3. The molecular weight excluding hydrogens is 428 g/mol. The van der Waals surface area contributed by atoms with Crippen LogP contribution in [0, 0.1) is 6.92 Å². The molecule has 3 aliphatic rings. The Kier molecular flexibility index (Phi) is 5.51. The molecule has 2 N–H and O–H groups in total. The highest BCUT2D eigenvalue weighted by molar-refractivity contribution is 5.94. The highest BCUT2D eigenvalue weighted by Gasteiger charge is 2.32. The van der Waals surface area contributed by atoms with Crippen LogP contribution in [0.3, 0.4) is 0 Å². The number of nitrogens with zero attached hydrogens (tertiary/aromatic N) is 7. The Morgan fingerprint density at radius 1 is 1.06 bits per heavy atom. The molecule has 2 aliphatic heterocycles. The number of anilines is 1. The average molecular weight is 463 g/mol. The van der Waals surface area contributed by atoms with E-state index in [1.807, 2.05) is 26.5 Å². The van der Waals surface area contributed by atoms with Crippen LogP contribution >= 0.6 is 0 Å². The summed E-state index contributed by atoms with van der Waals surface area (Å²) in [6, 6.07) is 2.65. The van der Waals surface area contributed by atoms with Crippen LogP contribution in [0.25, 0.3) is 5.65 Å². The third kappa shape index (κ3) is 3.85. The number of hydrogen-bond acceptors (Lipinski definition) is 6. The van der Waals surface area contributed by atoms with Gasteiger partial charge in [-0.15, -0.1) is 0 Å². The fourth-order valence-electron chi connectivity index (χ4n) is 5.95. The number of aromatic nitrogens is 5. The second-order valence-corrected chi connectivity index (χ2v) is 10.3. The van der Waals surface area contributed by atoms with Crippen LogP contribution in [-0.4, -0.2) is 60.9 Å². The molecule has 3 aromatic rings. The minimum atomic E-state index is -0.0401. The van der Waals surface area contributed by atoms with Gasteiger partial charge in [-0.2, -0.15) is 10.2 Å². The van der Waals surface area contributed by atoms with E-state index >= 15 is 0 Å². The van der Waals surface area contributed by atoms with E-state index in [1.54, 1.807) is 6.20 Å². The fourth-order valence-corrected chi connectivity index (χ4v) is 5.95. The Hall–Kier alpha value is -2.94. The molecule has 34 heavy (non-hydrogen) atoms. The molecule has 1 saturated carbocycles. The molecule has 6 rings (SSSR count). The van der Waals surface area contributed by atoms with Crippen LogP contribution in [-0.2, 0) is 0 Å². The summed E-state index contributed by atoms with van der Waals surface area (Å²) in [4.78, 5) is 22.7. The lowest BCUT2D eigenvalue weighted by molar-refractivity contribution is 0.0605. The van der Waals surface area contributed by atoms with Crippen molar-refractivity contribution in [1.29, 1.82) is 0 Å². The number of fused-ring (bicyclic) bond motifs is 1. The number of carbonyl (C=O) groups excluding carboxylic acids is 1. The zero-order valence-electron chi connectivity index (χ0n) is 19.9. The molecule has 9 nitrogen and oxygen atoms in total. The number of nitrogens with two attached hydrogens (primary N) is 1. The Bertz CT molecular complexity index is 1190. The smallest absolute Gasteiger partial charge is 0.257 e. The number of hydrogen-bond donors (Lipinski definition) is 1. The van der Waals surface area contributed by atoms with Crippen molar-refractivity contribution in [2.45, 2.75) is 76.4 Å². The van der Waals surface area contributed by atoms with Crippen molar-refractivity contribution in [3.05, 3.63) is 41.5 Å². The van der Waals surface area contributed by atoms with Gasteiger partial charge in [0.25, 0.3) is 5.91 Å². The van der Waals surface area contributed by atoms with Crippen LogP contribution in [0.15, 0.2) is 24.7 Å². The fraction of sp³-hybridized carbons (Fsp3) is 0.600. The summed E-state index contributed by atoms with van der Waals surface area (Å²) >= 11 is 0. The van der Waals surface area contributed by atoms with Crippen LogP contribution in [0.4, 0.5) is 5.82 Å². The summed E-state index contributed by atoms with van der Waals surface area (Å²) in [6.07, 6.45) is 14.6. The highest BCUT2D eigenvalue weighted by Crippen LogP contribution is 2.33. The molecule has 0 aromatic carbocycles. The molecule has 2 atom stereocenters. The minimum absolute atomic E-state index is 0.0401. The first-order valence-corrected chi connectivity index (χ1v) is 12.8. The molecule has 1 aliphatic carbocycles. The molecule has 3 fully saturated rings. The van der Waals surface area contributed by atoms with Gasteiger partial charge in [0.2, 0.25) is 0 Å². The molecule has 2 saturated heterocycles. The monoisotopic (exact) mass is 462 g/mol. The van der Waals surface area contributed by atoms with Crippen LogP contribution in [0.1, 0.15) is 85.1 Å². The molecule has 2 unspecified atom stereocenters. The van der Waals surface area contributed by atoms with Crippen LogP contribution < -0.4 is 10.6 Å². The zero-order valence-corrected chi connectivity index (χ0v) is 19.9. The van der Waals surface area contributed by atoms with E-state index in [-0.39, 0.29) is 18.0 Å². The van der Waals surface area contributed by atoms with E-state index in [9.17, 15) is 4.79 Å². The first kappa shape index (κ1) is 21.6. The van der Waals surface area contributed by atoms with Crippen LogP contribution in [0.2, 0.25) is 0 Å². The molecule has 9 heteroatoms. The molecule has 180 valence electrons. The molecule has 0 bridgehead atoms. The van der Waals surface area contributed by atoms with Crippen molar-refractivity contribution >= 4 is 17.4 Å². The number of carbonyl (C=O) groups is 1. The van der Waals surface area contributed by atoms with E-state index in [0.29, 0.717) is 11.6 Å². The lowest BCUT2D eigenvalue weighted by Crippen LogP contribution is -2.38. The summed E-state index contributed by atoms with van der Waals surface area (Å²) in [6.45, 7) is 4.59. The molecule has 1 amide bonds. The Morgan fingerprint density at radius 3 is 2.68 bits per heavy atom. The SMILES string of the molecule is Cc1cn2nc(C3CCCCN3C(=O)c3cnn(C4CCCC4)c3)cc2nc1N1CCC(N)C1. The summed E-state index contributed by atoms with van der Waals surface area (Å²) in [5.41, 5.74) is 9.64. The standard InChI is InChI=1S/C25H34N8O/c1-17-14-33-23(28-24(17)30-11-9-19(26)16-30)12-21(29-33)22-8-4-5-10-31(22)25(34)18-13-27-32(15-18)20-6-2-3-7-20/h12-15,19-20,22H,2-11,16,26H2,1H3. The molecule has 0 spiro atoms. The second kappa shape index (κ2) is 8.69. The summed E-state index contributed by atoms with van der Waals surface area (Å²) in [5.74, 6) is 1.05. The Balaban J connectivity index is 1.27. The van der Waals surface area contributed by atoms with Crippen molar-refractivity contribution in [1.82, 2.24) is 29.3 Å². The number of likely N-dealkylation sites (tertiary alicyclic amines) is 1. The van der Waals surface area contributed by atoms with E-state index in [0.717, 1.165) is 80.9 Å². The average Bonchev–Trinajstić information content (AvgIpc) is 3.64. The van der Waals surface area contributed by atoms with Crippen LogP contribution in [0.5, 0.6) is 0 Å². The maximum atomic E-state index is 13.5. The van der Waals surface area contributed by atoms with Gasteiger partial charge < -0.3 is 15.5 Å². The van der Waals surface area contributed by atoms with Gasteiger partial charge in [0, 0.05) is 49.7 Å². The topological polar surface area (TPSA) is 97.6 Å². The molecule has 3 aromatic heterocycles. The summed E-state index contributed by atoms with van der Waals surface area (Å²) < 4.78 is 3.86. The highest BCUT2D eigenvalue weighted by atomic mass is 16.2. The number of amides is 1. The molecule has 0 radical (unpaired) electrons. The lowest BCUT2D eigenvalue weighted by atomic mass is 9.98. The van der Waals surface area contributed by atoms with Crippen molar-refractivity contribution < 1.29 is 4.79 Å². The predicted octanol–water partition coefficient (Wildman–Crippen LogP) is 3.25. The van der Waals surface area contributed by atoms with Gasteiger partial charge in [-0.3, -0.25) is 9.48 Å². The van der Waals surface area contributed by atoms with Crippen molar-refractivity contribution in [3.63, 3.8) is 0 Å². The van der Waals surface area contributed by atoms with Gasteiger partial charge in [-0.25, -0.2) is 9.50 Å². The summed E-state index contributed by atoms with van der Waals surface area (Å²) in [7, 11) is 0. The third-order valence-corrected chi connectivity index (χ3v) is 7.80. The maximum absolute atomic E-state index is 13.5. The van der Waals surface area contributed by atoms with Crippen molar-refractivity contribution in [2.75, 3.05) is 24.5 Å². The lowest BCUT2D eigenvalue weighted by Gasteiger charge is -2.34. The first-order chi connectivity index (χ1) is 16.6. The molecular formula is C25H34N8O. The van der Waals surface area contributed by atoms with Gasteiger partial charge in [0.15, 0.2) is 5.65 Å². The van der Waals surface area contributed by atoms with E-state index < -0.39 is 0 Å². The number of aryl methyl sites for hydroxylation is 1. The molecule has 5 heterocycles. The third-order valence-electron chi connectivity index (χ3n) is 7.80. The van der Waals surface area contributed by atoms with Gasteiger partial charge in [-0.05, 0) is 45.4 Å². The quantitative estimate of drug-likeness (QED) is 0.639. The van der Waals surface area contributed by atoms with E-state index in [1.165, 1.54) is 12.8 Å². The Morgan fingerprint density at radius 2 is 1.88 bits per heavy atom. The van der Waals surface area contributed by atoms with E-state index in [2.05, 4.69) is 23.0 Å². The number of rotatable bonds is 4. The largest absolute Gasteiger partial charge is 0.355 e. The predicted molar refractivity (Wildman–Crippen MR) is 130 cm³/mol. The van der Waals surface area contributed by atoms with Gasteiger partial charge in [0.1, 0.15) is 5.82 Å². The summed E-state index contributed by atoms with van der Waals surface area (Å²) in [5, 5.41) is 9.41. The van der Waals surface area contributed by atoms with Crippen molar-refractivity contribution in [3.8, 4) is 0 Å². The zero-order chi connectivity index (χ0) is 23.2. The first-order valence-electron chi connectivity index (χ1n) is 12.8. The van der Waals surface area contributed by atoms with E-state index in [4.69, 9.17) is 15.8 Å². The van der Waals surface area contributed by atoms with Gasteiger partial charge in [-0.1, -0.05) is 12.8 Å². The van der Waals surface area contributed by atoms with Gasteiger partial charge in [0.05, 0.1) is 29.5 Å². The normalized spacial score (nSPS) is 23.9. The van der Waals surface area contributed by atoms with Gasteiger partial charge >= 0.3 is 0 Å². The number of piperidine rings is 1.